The molecule has 0 saturated carbocycles. The van der Waals surface area contributed by atoms with Crippen molar-refractivity contribution in [1.82, 2.24) is 4.90 Å². The third-order valence-corrected chi connectivity index (χ3v) is 6.43. The summed E-state index contributed by atoms with van der Waals surface area (Å²) in [6.45, 7) is 6.14. The summed E-state index contributed by atoms with van der Waals surface area (Å²) < 4.78 is 28.4. The van der Waals surface area contributed by atoms with Gasteiger partial charge in [-0.25, -0.2) is 13.2 Å². The molecule has 0 spiro atoms. The van der Waals surface area contributed by atoms with E-state index in [0.717, 1.165) is 16.7 Å². The monoisotopic (exact) mass is 516 g/mol. The second-order valence-electron chi connectivity index (χ2n) is 9.74. The number of nitrogens with zero attached hydrogens (tertiary/aromatic N) is 2. The fourth-order valence-corrected chi connectivity index (χ4v) is 4.23. The minimum atomic E-state index is -3.18. The molecule has 0 atom stereocenters. The van der Waals surface area contributed by atoms with Crippen LogP contribution < -0.4 is 20.3 Å². The molecule has 2 aromatic carbocycles. The summed E-state index contributed by atoms with van der Waals surface area (Å²) in [5, 5.41) is 5.64. The lowest BCUT2D eigenvalue weighted by Gasteiger charge is -2.33. The van der Waals surface area contributed by atoms with Crippen LogP contribution in [0.4, 0.5) is 21.9 Å². The first-order valence-corrected chi connectivity index (χ1v) is 13.4. The van der Waals surface area contributed by atoms with Crippen LogP contribution in [0.5, 0.6) is 5.75 Å². The summed E-state index contributed by atoms with van der Waals surface area (Å²) in [7, 11) is -0.254. The van der Waals surface area contributed by atoms with Crippen molar-refractivity contribution >= 4 is 44.7 Å². The second-order valence-corrected chi connectivity index (χ2v) is 11.9. The number of carbonyl (C=O) groups excluding carboxylic acids is 3. The predicted molar refractivity (Wildman–Crippen MR) is 140 cm³/mol. The summed E-state index contributed by atoms with van der Waals surface area (Å²) in [6.07, 6.45) is 1.32. The van der Waals surface area contributed by atoms with E-state index in [-0.39, 0.29) is 30.3 Å². The van der Waals surface area contributed by atoms with Gasteiger partial charge in [0.15, 0.2) is 9.84 Å². The predicted octanol–water partition coefficient (Wildman–Crippen LogP) is 3.45. The molecule has 1 aliphatic rings. The largest absolute Gasteiger partial charge is 0.496 e. The Morgan fingerprint density at radius 2 is 1.69 bits per heavy atom. The minimum absolute atomic E-state index is 0.181. The molecular formula is C25H32N4O6S. The molecule has 0 aliphatic carbocycles. The van der Waals surface area contributed by atoms with E-state index >= 15 is 0 Å². The quantitative estimate of drug-likeness (QED) is 0.577. The number of nitrogens with one attached hydrogen (secondary N) is 2. The maximum absolute atomic E-state index is 13.4. The number of ether oxygens (including phenoxy) is 1. The van der Waals surface area contributed by atoms with Gasteiger partial charge in [-0.3, -0.25) is 19.4 Å². The van der Waals surface area contributed by atoms with Crippen molar-refractivity contribution in [2.24, 2.45) is 0 Å². The Morgan fingerprint density at radius 1 is 1.08 bits per heavy atom. The molecule has 1 heterocycles. The van der Waals surface area contributed by atoms with Crippen LogP contribution in [-0.2, 0) is 20.0 Å². The fourth-order valence-electron chi connectivity index (χ4n) is 3.80. The average Bonchev–Trinajstić information content (AvgIpc) is 2.80. The van der Waals surface area contributed by atoms with Gasteiger partial charge in [0.25, 0.3) is 5.91 Å². The fraction of sp³-hybridized carbons (Fsp3) is 0.400. The normalized spacial score (nSPS) is 14.6. The van der Waals surface area contributed by atoms with Crippen molar-refractivity contribution in [3.8, 4) is 5.75 Å². The highest BCUT2D eigenvalue weighted by molar-refractivity contribution is 7.90. The molecule has 3 rings (SSSR count). The van der Waals surface area contributed by atoms with Crippen LogP contribution in [0.2, 0.25) is 0 Å². The lowest BCUT2D eigenvalue weighted by atomic mass is 9.84. The Kier molecular flexibility index (Phi) is 7.63. The minimum Gasteiger partial charge on any atom is -0.496 e. The van der Waals surface area contributed by atoms with Crippen molar-refractivity contribution in [2.45, 2.75) is 32.6 Å². The zero-order valence-electron chi connectivity index (χ0n) is 21.3. The molecular weight excluding hydrogens is 484 g/mol. The Bertz CT molecular complexity index is 1280. The van der Waals surface area contributed by atoms with Crippen molar-refractivity contribution in [3.63, 3.8) is 0 Å². The van der Waals surface area contributed by atoms with Crippen LogP contribution in [0.1, 0.15) is 43.1 Å². The number of benzene rings is 2. The van der Waals surface area contributed by atoms with Crippen LogP contribution in [0, 0.1) is 0 Å². The molecule has 1 fully saturated rings. The Hall–Kier alpha value is -3.60. The third-order valence-electron chi connectivity index (χ3n) is 5.76. The van der Waals surface area contributed by atoms with E-state index < -0.39 is 27.2 Å². The standard InChI is InChI=1S/C25H32N4O6S/c1-25(2,3)20-14-18(29-12-11-21(30)28(4)24(29)32)13-19(22(20)35-5)23(31)27-17-9-7-16(8-10-17)26-15-36(6,33)34/h7-10,13-14,26H,11-12,15H2,1-6H3,(H,27,31). The highest BCUT2D eigenvalue weighted by atomic mass is 32.2. The van der Waals surface area contributed by atoms with Crippen molar-refractivity contribution in [1.29, 1.82) is 0 Å². The molecule has 2 aromatic rings. The number of carbonyl (C=O) groups is 3. The van der Waals surface area contributed by atoms with E-state index in [2.05, 4.69) is 10.6 Å². The molecule has 0 aromatic heterocycles. The van der Waals surface area contributed by atoms with Crippen molar-refractivity contribution < 1.29 is 27.5 Å². The lowest BCUT2D eigenvalue weighted by Crippen LogP contribution is -2.50. The van der Waals surface area contributed by atoms with Crippen molar-refractivity contribution in [2.75, 3.05) is 48.4 Å². The molecule has 1 saturated heterocycles. The van der Waals surface area contributed by atoms with Gasteiger partial charge in [0.05, 0.1) is 12.7 Å². The van der Waals surface area contributed by atoms with Gasteiger partial charge in [0.1, 0.15) is 11.6 Å². The SMILES string of the molecule is COc1c(C(=O)Nc2ccc(NCS(C)(=O)=O)cc2)cc(N2CCC(=O)N(C)C2=O)cc1C(C)(C)C. The third kappa shape index (κ3) is 6.14. The Morgan fingerprint density at radius 3 is 2.25 bits per heavy atom. The van der Waals surface area contributed by atoms with Gasteiger partial charge in [-0.2, -0.15) is 0 Å². The van der Waals surface area contributed by atoms with Crippen molar-refractivity contribution in [3.05, 3.63) is 47.5 Å². The smallest absolute Gasteiger partial charge is 0.330 e. The number of imide groups is 1. The van der Waals surface area contributed by atoms with E-state index in [0.29, 0.717) is 22.8 Å². The lowest BCUT2D eigenvalue weighted by molar-refractivity contribution is -0.127. The molecule has 4 amide bonds. The number of amides is 4. The number of hydrogen-bond donors (Lipinski definition) is 2. The van der Waals surface area contributed by atoms with Gasteiger partial charge in [-0.1, -0.05) is 20.8 Å². The van der Waals surface area contributed by atoms with Gasteiger partial charge < -0.3 is 15.4 Å². The molecule has 1 aliphatic heterocycles. The average molecular weight is 517 g/mol. The highest BCUT2D eigenvalue weighted by Crippen LogP contribution is 2.39. The first kappa shape index (κ1) is 27.0. The van der Waals surface area contributed by atoms with E-state index in [4.69, 9.17) is 4.74 Å². The molecule has 11 heteroatoms. The molecule has 0 bridgehead atoms. The number of rotatable bonds is 7. The molecule has 2 N–H and O–H groups in total. The number of urea groups is 1. The van der Waals surface area contributed by atoms with E-state index in [1.54, 1.807) is 30.3 Å². The van der Waals surface area contributed by atoms with E-state index in [1.807, 2.05) is 26.8 Å². The second kappa shape index (κ2) is 10.2. The zero-order chi connectivity index (χ0) is 26.8. The van der Waals surface area contributed by atoms with Crippen LogP contribution in [0.3, 0.4) is 0 Å². The van der Waals surface area contributed by atoms with Crippen LogP contribution in [0.15, 0.2) is 36.4 Å². The Labute approximate surface area is 211 Å². The molecule has 194 valence electrons. The molecule has 0 radical (unpaired) electrons. The topological polar surface area (TPSA) is 125 Å². The summed E-state index contributed by atoms with van der Waals surface area (Å²) in [5.74, 6) is -0.504. The maximum atomic E-state index is 13.4. The molecule has 36 heavy (non-hydrogen) atoms. The summed E-state index contributed by atoms with van der Waals surface area (Å²) >= 11 is 0. The van der Waals surface area contributed by atoms with Gasteiger partial charge in [-0.15, -0.1) is 0 Å². The zero-order valence-corrected chi connectivity index (χ0v) is 22.2. The molecule has 10 nitrogen and oxygen atoms in total. The number of methoxy groups -OCH3 is 1. The van der Waals surface area contributed by atoms with E-state index in [1.165, 1.54) is 19.1 Å². The Balaban J connectivity index is 1.96. The number of sulfone groups is 1. The van der Waals surface area contributed by atoms with Gasteiger partial charge in [0, 0.05) is 48.9 Å². The maximum Gasteiger partial charge on any atom is 0.330 e. The summed E-state index contributed by atoms with van der Waals surface area (Å²) in [6, 6.07) is 9.57. The van der Waals surface area contributed by atoms with Crippen LogP contribution >= 0.6 is 0 Å². The summed E-state index contributed by atoms with van der Waals surface area (Å²) in [4.78, 5) is 40.7. The van der Waals surface area contributed by atoms with Gasteiger partial charge in [0.2, 0.25) is 5.91 Å². The van der Waals surface area contributed by atoms with E-state index in [9.17, 15) is 22.8 Å². The van der Waals surface area contributed by atoms with Gasteiger partial charge >= 0.3 is 6.03 Å². The van der Waals surface area contributed by atoms with Crippen LogP contribution in [0.25, 0.3) is 0 Å². The first-order chi connectivity index (χ1) is 16.7. The molecule has 0 unspecified atom stereocenters. The first-order valence-electron chi connectivity index (χ1n) is 11.3. The van der Waals surface area contributed by atoms with Gasteiger partial charge in [-0.05, 0) is 41.8 Å². The number of anilines is 3. The summed E-state index contributed by atoms with van der Waals surface area (Å²) in [5.41, 5.74) is 2.15. The number of hydrogen-bond acceptors (Lipinski definition) is 7. The highest BCUT2D eigenvalue weighted by Gasteiger charge is 2.33. The van der Waals surface area contributed by atoms with Crippen LogP contribution in [-0.4, -0.2) is 64.0 Å².